The van der Waals surface area contributed by atoms with Gasteiger partial charge >= 0.3 is 5.97 Å². The first kappa shape index (κ1) is 20.8. The number of hydrogen-bond acceptors (Lipinski definition) is 4. The third-order valence-corrected chi connectivity index (χ3v) is 8.94. The molecule has 6 atom stereocenters. The van der Waals surface area contributed by atoms with E-state index in [0.29, 0.717) is 47.6 Å². The van der Waals surface area contributed by atoms with Gasteiger partial charge in [-0.25, -0.2) is 0 Å². The van der Waals surface area contributed by atoms with Crippen LogP contribution in [0.15, 0.2) is 11.3 Å². The summed E-state index contributed by atoms with van der Waals surface area (Å²) >= 11 is 0. The van der Waals surface area contributed by atoms with Crippen LogP contribution in [-0.4, -0.2) is 17.5 Å². The van der Waals surface area contributed by atoms with Crippen LogP contribution in [0.25, 0.3) is 0 Å². The minimum absolute atomic E-state index is 0.0134. The molecule has 1 unspecified atom stereocenters. The van der Waals surface area contributed by atoms with Gasteiger partial charge in [0.25, 0.3) is 0 Å². The van der Waals surface area contributed by atoms with E-state index in [1.165, 1.54) is 6.92 Å². The molecule has 0 spiro atoms. The predicted octanol–water partition coefficient (Wildman–Crippen LogP) is 5.25. The molecule has 4 heteroatoms. The monoisotopic (exact) mass is 400 g/mol. The van der Waals surface area contributed by atoms with Crippen molar-refractivity contribution < 1.29 is 19.1 Å². The van der Waals surface area contributed by atoms with Crippen molar-refractivity contribution in [2.45, 2.75) is 86.0 Å². The number of rotatable bonds is 3. The molecule has 0 amide bonds. The number of allylic oxidation sites excluding steroid dienone is 1. The highest BCUT2D eigenvalue weighted by molar-refractivity contribution is 5.97. The number of fused-ring (bicyclic) bond motifs is 5. The van der Waals surface area contributed by atoms with Gasteiger partial charge in [-0.2, -0.15) is 0 Å². The average Bonchev–Trinajstić information content (AvgIpc) is 2.87. The van der Waals surface area contributed by atoms with Gasteiger partial charge in [-0.15, -0.1) is 0 Å². The summed E-state index contributed by atoms with van der Waals surface area (Å²) in [6, 6.07) is 0. The Bertz CT molecular complexity index is 778. The van der Waals surface area contributed by atoms with E-state index < -0.39 is 5.97 Å². The molecule has 0 aromatic carbocycles. The molecule has 4 aliphatic carbocycles. The second-order valence-electron chi connectivity index (χ2n) is 11.0. The lowest BCUT2D eigenvalue weighted by atomic mass is 9.46. The molecule has 4 nitrogen and oxygen atoms in total. The number of ketones is 2. The molecule has 0 aromatic rings. The molecule has 0 aliphatic heterocycles. The van der Waals surface area contributed by atoms with Crippen molar-refractivity contribution in [1.29, 1.82) is 0 Å². The van der Waals surface area contributed by atoms with Crippen LogP contribution in [0.4, 0.5) is 0 Å². The van der Waals surface area contributed by atoms with Crippen molar-refractivity contribution in [2.24, 2.45) is 40.4 Å². The minimum atomic E-state index is -0.401. The van der Waals surface area contributed by atoms with E-state index in [1.54, 1.807) is 0 Å². The Morgan fingerprint density at radius 2 is 1.83 bits per heavy atom. The fourth-order valence-electron chi connectivity index (χ4n) is 7.81. The van der Waals surface area contributed by atoms with E-state index in [4.69, 9.17) is 4.74 Å². The number of carbonyl (C=O) groups excluding carboxylic acids is 3. The molecule has 0 saturated heterocycles. The van der Waals surface area contributed by atoms with Crippen molar-refractivity contribution in [2.75, 3.05) is 0 Å². The summed E-state index contributed by atoms with van der Waals surface area (Å²) in [6.07, 6.45) is 7.02. The van der Waals surface area contributed by atoms with E-state index in [1.807, 2.05) is 0 Å². The second-order valence-corrected chi connectivity index (χ2v) is 11.0. The van der Waals surface area contributed by atoms with Crippen LogP contribution in [-0.2, 0) is 19.1 Å². The van der Waals surface area contributed by atoms with E-state index in [2.05, 4.69) is 27.7 Å². The molecule has 0 N–H and O–H groups in total. The normalized spacial score (nSPS) is 41.9. The Morgan fingerprint density at radius 1 is 1.10 bits per heavy atom. The predicted molar refractivity (Wildman–Crippen MR) is 111 cm³/mol. The number of carbonyl (C=O) groups is 3. The van der Waals surface area contributed by atoms with Crippen molar-refractivity contribution in [3.05, 3.63) is 11.3 Å². The van der Waals surface area contributed by atoms with E-state index in [-0.39, 0.29) is 16.6 Å². The number of hydrogen-bond donors (Lipinski definition) is 0. The van der Waals surface area contributed by atoms with Gasteiger partial charge in [-0.3, -0.25) is 14.4 Å². The van der Waals surface area contributed by atoms with Gasteiger partial charge in [0, 0.05) is 25.2 Å². The molecule has 0 radical (unpaired) electrons. The molecule has 0 aromatic heterocycles. The summed E-state index contributed by atoms with van der Waals surface area (Å²) in [4.78, 5) is 37.3. The Kier molecular flexibility index (Phi) is 5.07. The van der Waals surface area contributed by atoms with Gasteiger partial charge in [0.05, 0.1) is 0 Å². The van der Waals surface area contributed by atoms with Crippen LogP contribution in [0, 0.1) is 40.4 Å². The summed E-state index contributed by atoms with van der Waals surface area (Å²) in [6.45, 7) is 10.4. The summed E-state index contributed by atoms with van der Waals surface area (Å²) < 4.78 is 5.45. The van der Waals surface area contributed by atoms with Crippen molar-refractivity contribution in [3.8, 4) is 0 Å². The first-order valence-electron chi connectivity index (χ1n) is 11.6. The fourth-order valence-corrected chi connectivity index (χ4v) is 7.81. The first-order valence-corrected chi connectivity index (χ1v) is 11.6. The van der Waals surface area contributed by atoms with E-state index >= 15 is 0 Å². The molecule has 160 valence electrons. The molecule has 0 bridgehead atoms. The zero-order valence-corrected chi connectivity index (χ0v) is 18.7. The average molecular weight is 401 g/mol. The highest BCUT2D eigenvalue weighted by Crippen LogP contribution is 2.66. The SMILES string of the molecule is CC(=O)OC1=C2CC[C@@H]3[C@@H](CC[C@]4(C)C(=O)CC(CC(C)C)[C@@H]34)[C@@]2(C)CCC1=O. The number of esters is 1. The van der Waals surface area contributed by atoms with Gasteiger partial charge in [0.2, 0.25) is 0 Å². The maximum atomic E-state index is 13.1. The number of Topliss-reactive ketones (excluding diaryl/α,β-unsaturated/α-hetero) is 2. The van der Waals surface area contributed by atoms with Crippen LogP contribution >= 0.6 is 0 Å². The summed E-state index contributed by atoms with van der Waals surface area (Å²) in [5.41, 5.74) is 0.830. The van der Waals surface area contributed by atoms with Crippen LogP contribution in [0.3, 0.4) is 0 Å². The minimum Gasteiger partial charge on any atom is -0.423 e. The fraction of sp³-hybridized carbons (Fsp3) is 0.800. The standard InChI is InChI=1S/C25H36O4/c1-14(2)12-16-13-21(28)25(5)10-8-18-17(22(16)25)6-7-19-23(29-15(3)26)20(27)9-11-24(18,19)4/h14,16-18,22H,6-13H2,1-5H3/t16?,17-,18-,22+,24-,25-/m1/s1. The topological polar surface area (TPSA) is 60.4 Å². The highest BCUT2D eigenvalue weighted by atomic mass is 16.5. The quantitative estimate of drug-likeness (QED) is 0.607. The van der Waals surface area contributed by atoms with E-state index in [0.717, 1.165) is 50.5 Å². The maximum Gasteiger partial charge on any atom is 0.308 e. The Morgan fingerprint density at radius 3 is 2.48 bits per heavy atom. The molecule has 3 fully saturated rings. The first-order chi connectivity index (χ1) is 13.6. The molecule has 4 aliphatic rings. The van der Waals surface area contributed by atoms with Crippen LogP contribution in [0.5, 0.6) is 0 Å². The van der Waals surface area contributed by atoms with Crippen LogP contribution in [0.2, 0.25) is 0 Å². The van der Waals surface area contributed by atoms with Gasteiger partial charge < -0.3 is 4.74 Å². The number of ether oxygens (including phenoxy) is 1. The molecular weight excluding hydrogens is 364 g/mol. The lowest BCUT2D eigenvalue weighted by Crippen LogP contribution is -2.52. The molecule has 3 saturated carbocycles. The van der Waals surface area contributed by atoms with Gasteiger partial charge in [0.1, 0.15) is 5.78 Å². The zero-order chi connectivity index (χ0) is 21.1. The second kappa shape index (κ2) is 7.06. The van der Waals surface area contributed by atoms with Crippen molar-refractivity contribution >= 4 is 17.5 Å². The smallest absolute Gasteiger partial charge is 0.308 e. The van der Waals surface area contributed by atoms with Gasteiger partial charge in [0.15, 0.2) is 11.5 Å². The third kappa shape index (κ3) is 3.13. The Hall–Kier alpha value is -1.45. The van der Waals surface area contributed by atoms with Gasteiger partial charge in [-0.05, 0) is 79.1 Å². The van der Waals surface area contributed by atoms with Crippen LogP contribution < -0.4 is 0 Å². The summed E-state index contributed by atoms with van der Waals surface area (Å²) in [5.74, 6) is 2.98. The third-order valence-electron chi connectivity index (χ3n) is 8.94. The molecule has 4 rings (SSSR count). The molecule has 0 heterocycles. The Labute approximate surface area is 174 Å². The highest BCUT2D eigenvalue weighted by Gasteiger charge is 2.62. The van der Waals surface area contributed by atoms with Crippen molar-refractivity contribution in [1.82, 2.24) is 0 Å². The lowest BCUT2D eigenvalue weighted by molar-refractivity contribution is -0.143. The van der Waals surface area contributed by atoms with E-state index in [9.17, 15) is 14.4 Å². The van der Waals surface area contributed by atoms with Gasteiger partial charge in [-0.1, -0.05) is 27.7 Å². The maximum absolute atomic E-state index is 13.1. The molecular formula is C25H36O4. The largest absolute Gasteiger partial charge is 0.423 e. The summed E-state index contributed by atoms with van der Waals surface area (Å²) in [7, 11) is 0. The summed E-state index contributed by atoms with van der Waals surface area (Å²) in [5, 5.41) is 0. The lowest BCUT2D eigenvalue weighted by Gasteiger charge is -2.57. The van der Waals surface area contributed by atoms with Crippen LogP contribution in [0.1, 0.15) is 86.0 Å². The Balaban J connectivity index is 1.72. The zero-order valence-electron chi connectivity index (χ0n) is 18.7. The van der Waals surface area contributed by atoms with Crippen molar-refractivity contribution in [3.63, 3.8) is 0 Å². The molecule has 29 heavy (non-hydrogen) atoms.